The Labute approximate surface area is 112 Å². The Kier molecular flexibility index (Phi) is 5.83. The van der Waals surface area contributed by atoms with Crippen LogP contribution in [0.4, 0.5) is 0 Å². The molecule has 1 aromatic rings. The Bertz CT molecular complexity index is 343. The number of likely N-dealkylation sites (N-methyl/N-ethyl adjacent to an activating group) is 1. The zero-order valence-corrected chi connectivity index (χ0v) is 12.5. The van der Waals surface area contributed by atoms with Crippen molar-refractivity contribution in [1.29, 1.82) is 0 Å². The highest BCUT2D eigenvalue weighted by Crippen LogP contribution is 2.25. The van der Waals surface area contributed by atoms with Gasteiger partial charge in [0.2, 0.25) is 0 Å². The Morgan fingerprint density at radius 3 is 1.94 bits per heavy atom. The van der Waals surface area contributed by atoms with Crippen LogP contribution in [-0.4, -0.2) is 31.6 Å². The van der Waals surface area contributed by atoms with E-state index in [1.807, 2.05) is 0 Å². The fraction of sp³-hybridized carbons (Fsp3) is 0.625. The molecule has 0 fully saturated rings. The number of hydrogen-bond acceptors (Lipinski definition) is 2. The summed E-state index contributed by atoms with van der Waals surface area (Å²) in [6, 6.07) is 9.46. The molecule has 0 heterocycles. The van der Waals surface area contributed by atoms with E-state index in [-0.39, 0.29) is 0 Å². The van der Waals surface area contributed by atoms with Crippen LogP contribution in [0.5, 0.6) is 0 Å². The molecule has 0 saturated carbocycles. The van der Waals surface area contributed by atoms with Crippen LogP contribution < -0.4 is 5.73 Å². The van der Waals surface area contributed by atoms with Crippen LogP contribution in [-0.2, 0) is 0 Å². The number of rotatable bonds is 6. The van der Waals surface area contributed by atoms with Crippen molar-refractivity contribution in [1.82, 2.24) is 4.90 Å². The molecular formula is C16H28N2. The minimum absolute atomic E-state index is 0.402. The number of nitrogens with two attached hydrogens (primary N) is 1. The summed E-state index contributed by atoms with van der Waals surface area (Å²) in [6.45, 7) is 7.47. The van der Waals surface area contributed by atoms with Crippen LogP contribution in [0.15, 0.2) is 24.3 Å². The van der Waals surface area contributed by atoms with Gasteiger partial charge in [0.05, 0.1) is 0 Å². The van der Waals surface area contributed by atoms with Crippen molar-refractivity contribution in [2.45, 2.75) is 45.1 Å². The van der Waals surface area contributed by atoms with E-state index < -0.39 is 0 Å². The molecule has 0 amide bonds. The molecule has 0 saturated heterocycles. The maximum absolute atomic E-state index is 5.87. The molecule has 102 valence electrons. The molecule has 0 spiro atoms. The first-order valence-electron chi connectivity index (χ1n) is 6.97. The quantitative estimate of drug-likeness (QED) is 0.837. The second-order valence-corrected chi connectivity index (χ2v) is 5.53. The van der Waals surface area contributed by atoms with Crippen molar-refractivity contribution in [2.75, 3.05) is 20.6 Å². The predicted molar refractivity (Wildman–Crippen MR) is 80.1 cm³/mol. The Balaban J connectivity index is 2.84. The first-order valence-corrected chi connectivity index (χ1v) is 6.97. The fourth-order valence-corrected chi connectivity index (χ4v) is 2.45. The molecule has 2 heteroatoms. The number of nitrogens with zero attached hydrogens (tertiary/aromatic N) is 1. The minimum Gasteiger partial charge on any atom is -0.329 e. The smallest absolute Gasteiger partial charge is 0.0278 e. The Hall–Kier alpha value is -0.860. The van der Waals surface area contributed by atoms with Gasteiger partial charge in [-0.05, 0) is 43.5 Å². The second kappa shape index (κ2) is 6.91. The van der Waals surface area contributed by atoms with E-state index in [1.165, 1.54) is 17.5 Å². The van der Waals surface area contributed by atoms with Gasteiger partial charge >= 0.3 is 0 Å². The van der Waals surface area contributed by atoms with E-state index in [4.69, 9.17) is 5.73 Å². The minimum atomic E-state index is 0.402. The van der Waals surface area contributed by atoms with Crippen LogP contribution in [0.1, 0.15) is 50.2 Å². The molecule has 0 radical (unpaired) electrons. The summed E-state index contributed by atoms with van der Waals surface area (Å²) >= 11 is 0. The van der Waals surface area contributed by atoms with Gasteiger partial charge < -0.3 is 10.6 Å². The van der Waals surface area contributed by atoms with Gasteiger partial charge in [0.15, 0.2) is 0 Å². The maximum Gasteiger partial charge on any atom is 0.0278 e. The van der Waals surface area contributed by atoms with Crippen LogP contribution in [0.25, 0.3) is 0 Å². The molecule has 3 atom stereocenters. The first kappa shape index (κ1) is 15.2. The van der Waals surface area contributed by atoms with Crippen LogP contribution in [0, 0.1) is 0 Å². The Morgan fingerprint density at radius 1 is 1.06 bits per heavy atom. The summed E-state index contributed by atoms with van der Waals surface area (Å²) in [5, 5.41) is 0. The molecule has 2 N–H and O–H groups in total. The lowest BCUT2D eigenvalue weighted by Gasteiger charge is -2.29. The molecular weight excluding hydrogens is 220 g/mol. The van der Waals surface area contributed by atoms with E-state index in [2.05, 4.69) is 64.0 Å². The first-order chi connectivity index (χ1) is 8.51. The predicted octanol–water partition coefficient (Wildman–Crippen LogP) is 3.19. The van der Waals surface area contributed by atoms with Crippen molar-refractivity contribution < 1.29 is 0 Å². The third kappa shape index (κ3) is 3.56. The molecule has 0 aliphatic heterocycles. The molecule has 0 aromatic heterocycles. The van der Waals surface area contributed by atoms with Gasteiger partial charge in [-0.15, -0.1) is 0 Å². The molecule has 0 bridgehead atoms. The third-order valence-electron chi connectivity index (χ3n) is 4.13. The molecule has 18 heavy (non-hydrogen) atoms. The normalized spacial score (nSPS) is 16.6. The Morgan fingerprint density at radius 2 is 1.56 bits per heavy atom. The maximum atomic E-state index is 5.87. The van der Waals surface area contributed by atoms with Gasteiger partial charge in [-0.1, -0.05) is 45.0 Å². The summed E-state index contributed by atoms with van der Waals surface area (Å²) in [5.74, 6) is 1.12. The lowest BCUT2D eigenvalue weighted by Crippen LogP contribution is -2.39. The SMILES string of the molecule is CCC(C)c1ccc(C(C)C(CN)N(C)C)cc1. The van der Waals surface area contributed by atoms with Gasteiger partial charge in [-0.3, -0.25) is 0 Å². The zero-order chi connectivity index (χ0) is 13.7. The van der Waals surface area contributed by atoms with Crippen LogP contribution in [0.3, 0.4) is 0 Å². The van der Waals surface area contributed by atoms with Crippen LogP contribution >= 0.6 is 0 Å². The van der Waals surface area contributed by atoms with Crippen molar-refractivity contribution in [2.24, 2.45) is 5.73 Å². The molecule has 3 unspecified atom stereocenters. The molecule has 0 aliphatic carbocycles. The highest BCUT2D eigenvalue weighted by Gasteiger charge is 2.19. The molecule has 1 rings (SSSR count). The van der Waals surface area contributed by atoms with Crippen molar-refractivity contribution in [3.63, 3.8) is 0 Å². The average Bonchev–Trinajstić information content (AvgIpc) is 2.38. The summed E-state index contributed by atoms with van der Waals surface area (Å²) in [7, 11) is 4.20. The van der Waals surface area contributed by atoms with E-state index in [0.29, 0.717) is 24.4 Å². The van der Waals surface area contributed by atoms with Crippen molar-refractivity contribution >= 4 is 0 Å². The zero-order valence-electron chi connectivity index (χ0n) is 12.5. The van der Waals surface area contributed by atoms with Gasteiger partial charge in [0, 0.05) is 12.6 Å². The standard InChI is InChI=1S/C16H28N2/c1-6-12(2)14-7-9-15(10-8-14)13(3)16(11-17)18(4)5/h7-10,12-13,16H,6,11,17H2,1-5H3. The van der Waals surface area contributed by atoms with E-state index in [9.17, 15) is 0 Å². The summed E-state index contributed by atoms with van der Waals surface area (Å²) < 4.78 is 0. The monoisotopic (exact) mass is 248 g/mol. The van der Waals surface area contributed by atoms with E-state index in [0.717, 1.165) is 0 Å². The van der Waals surface area contributed by atoms with Crippen molar-refractivity contribution in [3.8, 4) is 0 Å². The summed E-state index contributed by atoms with van der Waals surface area (Å²) in [6.07, 6.45) is 1.19. The van der Waals surface area contributed by atoms with Gasteiger partial charge in [0.25, 0.3) is 0 Å². The third-order valence-corrected chi connectivity index (χ3v) is 4.13. The van der Waals surface area contributed by atoms with Gasteiger partial charge in [-0.2, -0.15) is 0 Å². The van der Waals surface area contributed by atoms with Gasteiger partial charge in [0.1, 0.15) is 0 Å². The number of hydrogen-bond donors (Lipinski definition) is 1. The van der Waals surface area contributed by atoms with E-state index >= 15 is 0 Å². The largest absolute Gasteiger partial charge is 0.329 e. The molecule has 1 aromatic carbocycles. The van der Waals surface area contributed by atoms with Crippen LogP contribution in [0.2, 0.25) is 0 Å². The average molecular weight is 248 g/mol. The second-order valence-electron chi connectivity index (χ2n) is 5.53. The highest BCUT2D eigenvalue weighted by molar-refractivity contribution is 5.28. The van der Waals surface area contributed by atoms with Gasteiger partial charge in [-0.25, -0.2) is 0 Å². The molecule has 0 aliphatic rings. The molecule has 2 nitrogen and oxygen atoms in total. The summed E-state index contributed by atoms with van der Waals surface area (Å²) in [4.78, 5) is 2.22. The van der Waals surface area contributed by atoms with E-state index in [1.54, 1.807) is 0 Å². The van der Waals surface area contributed by atoms with Crippen molar-refractivity contribution in [3.05, 3.63) is 35.4 Å². The lowest BCUT2D eigenvalue weighted by atomic mass is 9.90. The lowest BCUT2D eigenvalue weighted by molar-refractivity contribution is 0.267. The highest BCUT2D eigenvalue weighted by atomic mass is 15.1. The summed E-state index contributed by atoms with van der Waals surface area (Å²) in [5.41, 5.74) is 8.68. The topological polar surface area (TPSA) is 29.3 Å². The fourth-order valence-electron chi connectivity index (χ4n) is 2.45. The number of benzene rings is 1.